The summed E-state index contributed by atoms with van der Waals surface area (Å²) < 4.78 is 30.8. The number of halogens is 1. The largest absolute Gasteiger partial charge is 0.495 e. The number of amides is 1. The fraction of sp³-hybridized carbons (Fsp3) is 0.381. The van der Waals surface area contributed by atoms with Crippen LogP contribution in [0.4, 0.5) is 5.69 Å². The molecule has 0 aromatic heterocycles. The van der Waals surface area contributed by atoms with Crippen LogP contribution < -0.4 is 14.4 Å². The minimum Gasteiger partial charge on any atom is -0.495 e. The Morgan fingerprint density at radius 3 is 2.38 bits per heavy atom. The van der Waals surface area contributed by atoms with E-state index in [9.17, 15) is 13.2 Å². The van der Waals surface area contributed by atoms with Crippen LogP contribution in [0.1, 0.15) is 36.1 Å². The molecule has 2 rings (SSSR count). The van der Waals surface area contributed by atoms with Gasteiger partial charge in [0.2, 0.25) is 15.9 Å². The number of benzene rings is 2. The smallest absolute Gasteiger partial charge is 0.241 e. The summed E-state index contributed by atoms with van der Waals surface area (Å²) >= 11 is 6.13. The molecule has 2 aromatic rings. The van der Waals surface area contributed by atoms with Gasteiger partial charge >= 0.3 is 0 Å². The van der Waals surface area contributed by atoms with Crippen LogP contribution in [-0.4, -0.2) is 34.2 Å². The van der Waals surface area contributed by atoms with E-state index in [1.54, 1.807) is 12.1 Å². The predicted molar refractivity (Wildman–Crippen MR) is 117 cm³/mol. The summed E-state index contributed by atoms with van der Waals surface area (Å²) in [6.07, 6.45) is 1.74. The molecule has 2 aromatic carbocycles. The van der Waals surface area contributed by atoms with E-state index in [2.05, 4.69) is 5.32 Å². The van der Waals surface area contributed by atoms with Crippen LogP contribution in [0.5, 0.6) is 5.75 Å². The van der Waals surface area contributed by atoms with Crippen molar-refractivity contribution in [3.8, 4) is 5.75 Å². The molecule has 6 nitrogen and oxygen atoms in total. The summed E-state index contributed by atoms with van der Waals surface area (Å²) in [5.41, 5.74) is 3.60. The SMILES string of the molecule is CC[C@H](NC(=O)CN(c1ccc(OC)c(Cl)c1)S(C)(=O)=O)c1ccc(C)c(C)c1. The highest BCUT2D eigenvalue weighted by atomic mass is 35.5. The summed E-state index contributed by atoms with van der Waals surface area (Å²) in [6, 6.07) is 10.4. The van der Waals surface area contributed by atoms with Crippen LogP contribution >= 0.6 is 11.6 Å². The second kappa shape index (κ2) is 9.50. The standard InChI is InChI=1S/C21H27ClN2O4S/c1-6-19(16-8-7-14(2)15(3)11-16)23-21(25)13-24(29(5,26)27)17-9-10-20(28-4)18(22)12-17/h7-12,19H,6,13H2,1-5H3,(H,23,25)/t19-/m0/s1. The first-order valence-corrected chi connectivity index (χ1v) is 11.5. The van der Waals surface area contributed by atoms with Gasteiger partial charge in [0.05, 0.1) is 30.1 Å². The third kappa shape index (κ3) is 5.87. The lowest BCUT2D eigenvalue weighted by Crippen LogP contribution is -2.41. The van der Waals surface area contributed by atoms with E-state index in [4.69, 9.17) is 16.3 Å². The van der Waals surface area contributed by atoms with Gasteiger partial charge in [-0.3, -0.25) is 9.10 Å². The van der Waals surface area contributed by atoms with Crippen molar-refractivity contribution in [2.75, 3.05) is 24.2 Å². The third-order valence-electron chi connectivity index (χ3n) is 4.79. The zero-order valence-corrected chi connectivity index (χ0v) is 18.9. The van der Waals surface area contributed by atoms with Gasteiger partial charge in [0.25, 0.3) is 0 Å². The fourth-order valence-corrected chi connectivity index (χ4v) is 4.08. The molecule has 0 saturated heterocycles. The number of rotatable bonds is 8. The average molecular weight is 439 g/mol. The lowest BCUT2D eigenvalue weighted by molar-refractivity contribution is -0.120. The predicted octanol–water partition coefficient (Wildman–Crippen LogP) is 4.00. The molecule has 0 saturated carbocycles. The van der Waals surface area contributed by atoms with Crippen molar-refractivity contribution >= 4 is 33.2 Å². The number of methoxy groups -OCH3 is 1. The lowest BCUT2D eigenvalue weighted by atomic mass is 9.99. The Bertz CT molecular complexity index is 992. The van der Waals surface area contributed by atoms with Crippen molar-refractivity contribution < 1.29 is 17.9 Å². The van der Waals surface area contributed by atoms with Crippen molar-refractivity contribution in [2.45, 2.75) is 33.2 Å². The van der Waals surface area contributed by atoms with E-state index < -0.39 is 15.9 Å². The molecular weight excluding hydrogens is 412 g/mol. The second-order valence-electron chi connectivity index (χ2n) is 6.96. The maximum Gasteiger partial charge on any atom is 0.241 e. The molecule has 1 atom stereocenters. The van der Waals surface area contributed by atoms with Gasteiger partial charge in [0.15, 0.2) is 0 Å². The summed E-state index contributed by atoms with van der Waals surface area (Å²) in [5, 5.41) is 3.20. The van der Waals surface area contributed by atoms with Crippen LogP contribution in [0.15, 0.2) is 36.4 Å². The molecule has 8 heteroatoms. The van der Waals surface area contributed by atoms with Crippen LogP contribution in [0.2, 0.25) is 5.02 Å². The van der Waals surface area contributed by atoms with Gasteiger partial charge < -0.3 is 10.1 Å². The molecule has 0 aliphatic rings. The van der Waals surface area contributed by atoms with E-state index >= 15 is 0 Å². The van der Waals surface area contributed by atoms with E-state index in [0.717, 1.165) is 21.7 Å². The molecule has 29 heavy (non-hydrogen) atoms. The Morgan fingerprint density at radius 1 is 1.17 bits per heavy atom. The van der Waals surface area contributed by atoms with Crippen LogP contribution in [0, 0.1) is 13.8 Å². The molecule has 0 radical (unpaired) electrons. The average Bonchev–Trinajstić information content (AvgIpc) is 2.65. The van der Waals surface area contributed by atoms with E-state index in [1.807, 2.05) is 39.0 Å². The van der Waals surface area contributed by atoms with Crippen molar-refractivity contribution in [3.63, 3.8) is 0 Å². The normalized spacial score (nSPS) is 12.3. The Balaban J connectivity index is 2.23. The molecule has 1 N–H and O–H groups in total. The molecule has 0 heterocycles. The summed E-state index contributed by atoms with van der Waals surface area (Å²) in [7, 11) is -2.22. The van der Waals surface area contributed by atoms with Crippen LogP contribution in [0.3, 0.4) is 0 Å². The van der Waals surface area contributed by atoms with Crippen LogP contribution in [0.25, 0.3) is 0 Å². The van der Waals surface area contributed by atoms with Crippen LogP contribution in [-0.2, 0) is 14.8 Å². The van der Waals surface area contributed by atoms with Gasteiger partial charge in [0, 0.05) is 0 Å². The number of nitrogens with one attached hydrogen (secondary N) is 1. The third-order valence-corrected chi connectivity index (χ3v) is 6.22. The van der Waals surface area contributed by atoms with Gasteiger partial charge in [0.1, 0.15) is 12.3 Å². The van der Waals surface area contributed by atoms with E-state index in [1.165, 1.54) is 18.7 Å². The second-order valence-corrected chi connectivity index (χ2v) is 9.27. The topological polar surface area (TPSA) is 75.7 Å². The molecular formula is C21H27ClN2O4S. The number of carbonyl (C=O) groups excluding carboxylic acids is 1. The van der Waals surface area contributed by atoms with E-state index in [0.29, 0.717) is 17.9 Å². The van der Waals surface area contributed by atoms with Crippen molar-refractivity contribution in [1.29, 1.82) is 0 Å². The van der Waals surface area contributed by atoms with E-state index in [-0.39, 0.29) is 17.6 Å². The Hall–Kier alpha value is -2.25. The van der Waals surface area contributed by atoms with Gasteiger partial charge in [-0.15, -0.1) is 0 Å². The van der Waals surface area contributed by atoms with Crippen molar-refractivity contribution in [1.82, 2.24) is 5.32 Å². The summed E-state index contributed by atoms with van der Waals surface area (Å²) in [4.78, 5) is 12.7. The number of hydrogen-bond donors (Lipinski definition) is 1. The highest BCUT2D eigenvalue weighted by Crippen LogP contribution is 2.30. The number of sulfonamides is 1. The zero-order chi connectivity index (χ0) is 21.8. The molecule has 0 fully saturated rings. The molecule has 0 unspecified atom stereocenters. The summed E-state index contributed by atoms with van der Waals surface area (Å²) in [5.74, 6) is 0.0292. The van der Waals surface area contributed by atoms with Gasteiger partial charge in [-0.2, -0.15) is 0 Å². The summed E-state index contributed by atoms with van der Waals surface area (Å²) in [6.45, 7) is 5.68. The Kier molecular flexibility index (Phi) is 7.54. The number of ether oxygens (including phenoxy) is 1. The first kappa shape index (κ1) is 23.0. The van der Waals surface area contributed by atoms with Gasteiger partial charge in [-0.1, -0.05) is 36.7 Å². The minimum absolute atomic E-state index is 0.206. The molecule has 0 bridgehead atoms. The number of anilines is 1. The molecule has 158 valence electrons. The van der Waals surface area contributed by atoms with Gasteiger partial charge in [-0.05, 0) is 55.2 Å². The molecule has 0 aliphatic carbocycles. The highest BCUT2D eigenvalue weighted by Gasteiger charge is 2.23. The first-order valence-electron chi connectivity index (χ1n) is 9.24. The highest BCUT2D eigenvalue weighted by molar-refractivity contribution is 7.92. The fourth-order valence-electron chi connectivity index (χ4n) is 2.98. The Labute approximate surface area is 177 Å². The number of carbonyl (C=O) groups is 1. The maximum absolute atomic E-state index is 12.7. The molecule has 0 spiro atoms. The quantitative estimate of drug-likeness (QED) is 0.675. The van der Waals surface area contributed by atoms with Gasteiger partial charge in [-0.25, -0.2) is 8.42 Å². The minimum atomic E-state index is -3.70. The molecule has 1 amide bonds. The number of hydrogen-bond acceptors (Lipinski definition) is 4. The van der Waals surface area contributed by atoms with Crippen molar-refractivity contribution in [2.24, 2.45) is 0 Å². The lowest BCUT2D eigenvalue weighted by Gasteiger charge is -2.24. The zero-order valence-electron chi connectivity index (χ0n) is 17.3. The number of nitrogens with zero attached hydrogens (tertiary/aromatic N) is 1. The number of aryl methyl sites for hydroxylation is 2. The van der Waals surface area contributed by atoms with Crippen molar-refractivity contribution in [3.05, 3.63) is 58.1 Å². The molecule has 0 aliphatic heterocycles. The maximum atomic E-state index is 12.7. The Morgan fingerprint density at radius 2 is 1.86 bits per heavy atom. The first-order chi connectivity index (χ1) is 13.6. The monoisotopic (exact) mass is 438 g/mol.